The van der Waals surface area contributed by atoms with Crippen LogP contribution in [0.1, 0.15) is 11.1 Å². The minimum atomic E-state index is -0.218. The number of aryl methyl sites for hydroxylation is 1. The number of benzene rings is 2. The molecule has 6 heteroatoms. The van der Waals surface area contributed by atoms with Crippen molar-refractivity contribution in [3.8, 4) is 0 Å². The molecule has 6 nitrogen and oxygen atoms in total. The molecule has 0 radical (unpaired) electrons. The molecule has 1 amide bonds. The van der Waals surface area contributed by atoms with E-state index >= 15 is 0 Å². The molecule has 0 unspecified atom stereocenters. The summed E-state index contributed by atoms with van der Waals surface area (Å²) >= 11 is 0. The van der Waals surface area contributed by atoms with Crippen molar-refractivity contribution in [1.82, 2.24) is 20.3 Å². The highest BCUT2D eigenvalue weighted by atomic mass is 16.1. The Morgan fingerprint density at radius 2 is 1.92 bits per heavy atom. The second-order valence-electron chi connectivity index (χ2n) is 5.62. The Hall–Kier alpha value is -3.28. The molecule has 3 aromatic rings. The van der Waals surface area contributed by atoms with Gasteiger partial charge in [0, 0.05) is 12.6 Å². The smallest absolute Gasteiger partial charge is 0.277 e. The second-order valence-corrected chi connectivity index (χ2v) is 5.62. The highest BCUT2D eigenvalue weighted by molar-refractivity contribution is 5.91. The number of aromatic nitrogens is 3. The Bertz CT molecular complexity index is 992. The van der Waals surface area contributed by atoms with Crippen molar-refractivity contribution in [2.45, 2.75) is 13.5 Å². The molecule has 3 rings (SSSR count). The van der Waals surface area contributed by atoms with E-state index in [1.54, 1.807) is 24.3 Å². The maximum absolute atomic E-state index is 12.3. The first-order chi connectivity index (χ1) is 12.1. The van der Waals surface area contributed by atoms with Crippen LogP contribution in [0.15, 0.2) is 59.4 Å². The van der Waals surface area contributed by atoms with Crippen LogP contribution in [0.25, 0.3) is 17.0 Å². The maximum Gasteiger partial charge on any atom is 0.277 e. The zero-order valence-electron chi connectivity index (χ0n) is 13.8. The fourth-order valence-corrected chi connectivity index (χ4v) is 2.45. The van der Waals surface area contributed by atoms with Gasteiger partial charge in [0.05, 0.1) is 11.9 Å². The van der Waals surface area contributed by atoms with Crippen molar-refractivity contribution in [3.63, 3.8) is 0 Å². The van der Waals surface area contributed by atoms with Gasteiger partial charge < -0.3 is 5.32 Å². The summed E-state index contributed by atoms with van der Waals surface area (Å²) in [5, 5.41) is 11.2. The van der Waals surface area contributed by atoms with Crippen molar-refractivity contribution in [2.75, 3.05) is 6.54 Å². The van der Waals surface area contributed by atoms with Crippen LogP contribution in [0, 0.1) is 6.92 Å². The first-order valence-corrected chi connectivity index (χ1v) is 7.99. The molecule has 0 aliphatic carbocycles. The SMILES string of the molecule is Cc1ccccc1C=CC(=O)NCCn1nnc2ccccc2c1=O. The van der Waals surface area contributed by atoms with Gasteiger partial charge in [0.15, 0.2) is 0 Å². The van der Waals surface area contributed by atoms with E-state index in [1.807, 2.05) is 37.3 Å². The molecule has 0 saturated carbocycles. The number of nitrogens with one attached hydrogen (secondary N) is 1. The summed E-state index contributed by atoms with van der Waals surface area (Å²) in [6, 6.07) is 14.9. The van der Waals surface area contributed by atoms with E-state index in [0.717, 1.165) is 11.1 Å². The minimum Gasteiger partial charge on any atom is -0.351 e. The zero-order valence-corrected chi connectivity index (χ0v) is 13.8. The lowest BCUT2D eigenvalue weighted by atomic mass is 10.1. The molecule has 0 atom stereocenters. The molecule has 0 bridgehead atoms. The summed E-state index contributed by atoms with van der Waals surface area (Å²) in [5.74, 6) is -0.218. The minimum absolute atomic E-state index is 0.213. The number of nitrogens with zero attached hydrogens (tertiary/aromatic N) is 3. The average Bonchev–Trinajstić information content (AvgIpc) is 2.63. The fourth-order valence-electron chi connectivity index (χ4n) is 2.45. The van der Waals surface area contributed by atoms with Gasteiger partial charge in [0.1, 0.15) is 5.52 Å². The van der Waals surface area contributed by atoms with E-state index in [-0.39, 0.29) is 18.0 Å². The first kappa shape index (κ1) is 16.6. The molecule has 25 heavy (non-hydrogen) atoms. The number of fused-ring (bicyclic) bond motifs is 1. The summed E-state index contributed by atoms with van der Waals surface area (Å²) in [7, 11) is 0. The molecule has 0 aliphatic heterocycles. The van der Waals surface area contributed by atoms with Gasteiger partial charge in [-0.3, -0.25) is 9.59 Å². The van der Waals surface area contributed by atoms with Crippen molar-refractivity contribution in [1.29, 1.82) is 0 Å². The van der Waals surface area contributed by atoms with Gasteiger partial charge in [-0.25, -0.2) is 4.68 Å². The van der Waals surface area contributed by atoms with Crippen molar-refractivity contribution < 1.29 is 4.79 Å². The van der Waals surface area contributed by atoms with Crippen LogP contribution in [0.5, 0.6) is 0 Å². The van der Waals surface area contributed by atoms with E-state index in [1.165, 1.54) is 10.8 Å². The molecule has 0 aliphatic rings. The number of rotatable bonds is 5. The van der Waals surface area contributed by atoms with E-state index < -0.39 is 0 Å². The Morgan fingerprint density at radius 3 is 2.76 bits per heavy atom. The largest absolute Gasteiger partial charge is 0.351 e. The van der Waals surface area contributed by atoms with Crippen molar-refractivity contribution >= 4 is 22.9 Å². The van der Waals surface area contributed by atoms with Crippen molar-refractivity contribution in [2.24, 2.45) is 0 Å². The van der Waals surface area contributed by atoms with Gasteiger partial charge in [-0.2, -0.15) is 0 Å². The standard InChI is InChI=1S/C19H18N4O2/c1-14-6-2-3-7-15(14)10-11-18(24)20-12-13-23-19(25)16-8-4-5-9-17(16)21-22-23/h2-11H,12-13H2,1H3,(H,20,24). The summed E-state index contributed by atoms with van der Waals surface area (Å²) in [5.41, 5.74) is 2.45. The predicted octanol–water partition coefficient (Wildman–Crippen LogP) is 1.93. The van der Waals surface area contributed by atoms with Crippen LogP contribution in [0.3, 0.4) is 0 Å². The molecule has 0 saturated heterocycles. The molecule has 1 heterocycles. The van der Waals surface area contributed by atoms with Gasteiger partial charge in [0.25, 0.3) is 5.56 Å². The lowest BCUT2D eigenvalue weighted by molar-refractivity contribution is -0.116. The average molecular weight is 334 g/mol. The van der Waals surface area contributed by atoms with Gasteiger partial charge in [-0.15, -0.1) is 5.10 Å². The van der Waals surface area contributed by atoms with Crippen LogP contribution in [-0.4, -0.2) is 27.4 Å². The third-order valence-electron chi connectivity index (χ3n) is 3.85. The molecular formula is C19H18N4O2. The highest BCUT2D eigenvalue weighted by Gasteiger charge is 2.05. The summed E-state index contributed by atoms with van der Waals surface area (Å²) in [6.07, 6.45) is 3.25. The summed E-state index contributed by atoms with van der Waals surface area (Å²) < 4.78 is 1.26. The molecule has 0 fully saturated rings. The zero-order chi connectivity index (χ0) is 17.6. The number of hydrogen-bond acceptors (Lipinski definition) is 4. The topological polar surface area (TPSA) is 76.9 Å². The number of carbonyl (C=O) groups is 1. The Kier molecular flexibility index (Phi) is 4.99. The third-order valence-corrected chi connectivity index (χ3v) is 3.85. The quantitative estimate of drug-likeness (QED) is 0.723. The monoisotopic (exact) mass is 334 g/mol. The highest BCUT2D eigenvalue weighted by Crippen LogP contribution is 2.08. The molecule has 1 aromatic heterocycles. The molecule has 2 aromatic carbocycles. The summed E-state index contributed by atoms with van der Waals surface area (Å²) in [4.78, 5) is 24.2. The summed E-state index contributed by atoms with van der Waals surface area (Å²) in [6.45, 7) is 2.55. The number of amides is 1. The van der Waals surface area contributed by atoms with E-state index in [0.29, 0.717) is 17.4 Å². The molecule has 126 valence electrons. The normalized spacial score (nSPS) is 11.1. The number of hydrogen-bond donors (Lipinski definition) is 1. The Morgan fingerprint density at radius 1 is 1.16 bits per heavy atom. The van der Waals surface area contributed by atoms with Crippen LogP contribution in [-0.2, 0) is 11.3 Å². The fraction of sp³-hybridized carbons (Fsp3) is 0.158. The Labute approximate surface area is 144 Å². The molecular weight excluding hydrogens is 316 g/mol. The van der Waals surface area contributed by atoms with E-state index in [9.17, 15) is 9.59 Å². The Balaban J connectivity index is 1.60. The van der Waals surface area contributed by atoms with Gasteiger partial charge >= 0.3 is 0 Å². The molecule has 1 N–H and O–H groups in total. The van der Waals surface area contributed by atoms with Gasteiger partial charge in [-0.05, 0) is 36.3 Å². The third kappa shape index (κ3) is 3.98. The van der Waals surface area contributed by atoms with Crippen LogP contribution in [0.4, 0.5) is 0 Å². The van der Waals surface area contributed by atoms with Crippen LogP contribution < -0.4 is 10.9 Å². The lowest BCUT2D eigenvalue weighted by Gasteiger charge is -2.05. The van der Waals surface area contributed by atoms with Crippen LogP contribution >= 0.6 is 0 Å². The molecule has 0 spiro atoms. The second kappa shape index (κ2) is 7.53. The van der Waals surface area contributed by atoms with Crippen LogP contribution in [0.2, 0.25) is 0 Å². The maximum atomic E-state index is 12.3. The lowest BCUT2D eigenvalue weighted by Crippen LogP contribution is -2.31. The van der Waals surface area contributed by atoms with Crippen molar-refractivity contribution in [3.05, 3.63) is 76.1 Å². The van der Waals surface area contributed by atoms with E-state index in [2.05, 4.69) is 15.6 Å². The first-order valence-electron chi connectivity index (χ1n) is 7.99. The number of carbonyl (C=O) groups excluding carboxylic acids is 1. The predicted molar refractivity (Wildman–Crippen MR) is 97.0 cm³/mol. The van der Waals surface area contributed by atoms with Gasteiger partial charge in [0.2, 0.25) is 5.91 Å². The van der Waals surface area contributed by atoms with E-state index in [4.69, 9.17) is 0 Å². The van der Waals surface area contributed by atoms with Gasteiger partial charge in [-0.1, -0.05) is 41.6 Å².